The van der Waals surface area contributed by atoms with Gasteiger partial charge in [0.1, 0.15) is 28.8 Å². The molecule has 0 aliphatic heterocycles. The highest BCUT2D eigenvalue weighted by atomic mass is 32.1. The molecule has 4 rings (SSSR count). The molecule has 1 heterocycles. The number of halogens is 3. The molecular weight excluding hydrogens is 528 g/mol. The van der Waals surface area contributed by atoms with Gasteiger partial charge in [-0.2, -0.15) is 13.2 Å². The minimum atomic E-state index is -5.32. The molecule has 0 fully saturated rings. The summed E-state index contributed by atoms with van der Waals surface area (Å²) in [4.78, 5) is 13.7. The van der Waals surface area contributed by atoms with Crippen LogP contribution in [0.5, 0.6) is 0 Å². The van der Waals surface area contributed by atoms with Gasteiger partial charge < -0.3 is 9.84 Å². The van der Waals surface area contributed by atoms with E-state index in [0.717, 1.165) is 6.07 Å². The van der Waals surface area contributed by atoms with Gasteiger partial charge in [-0.1, -0.05) is 60.7 Å². The first-order chi connectivity index (χ1) is 17.9. The molecule has 0 radical (unpaired) electrons. The van der Waals surface area contributed by atoms with Crippen molar-refractivity contribution in [3.8, 4) is 0 Å². The average Bonchev–Trinajstić information content (AvgIpc) is 3.42. The number of hydrogen-bond acceptors (Lipinski definition) is 4. The third kappa shape index (κ3) is 5.03. The predicted molar refractivity (Wildman–Crippen MR) is 147 cm³/mol. The highest BCUT2D eigenvalue weighted by molar-refractivity contribution is 7.97. The highest BCUT2D eigenvalue weighted by Crippen LogP contribution is 2.66. The summed E-state index contributed by atoms with van der Waals surface area (Å²) in [5, 5.41) is 17.7. The van der Waals surface area contributed by atoms with Crippen LogP contribution in [-0.4, -0.2) is 23.4 Å². The summed E-state index contributed by atoms with van der Waals surface area (Å²) in [6.45, 7) is 4.75. The maximum atomic E-state index is 15.3. The van der Waals surface area contributed by atoms with Gasteiger partial charge in [-0.15, -0.1) is 11.3 Å². The Morgan fingerprint density at radius 2 is 1.18 bits per heavy atom. The summed E-state index contributed by atoms with van der Waals surface area (Å²) in [5.74, 6) is -1.18. The Hall–Kier alpha value is -2.99. The SMILES string of the molecule is CC(C)(C)OC(=O)C(C([O-])(c1cccs1)C(F)(F)F)[P+](c1ccccc1)(c1ccccc1)c1ccccc1. The zero-order valence-electron chi connectivity index (χ0n) is 21.2. The molecule has 2 atom stereocenters. The van der Waals surface area contributed by atoms with E-state index in [0.29, 0.717) is 27.3 Å². The van der Waals surface area contributed by atoms with Gasteiger partial charge in [0.25, 0.3) is 0 Å². The molecule has 0 aliphatic carbocycles. The third-order valence-electron chi connectivity index (χ3n) is 6.20. The molecule has 0 bridgehead atoms. The Morgan fingerprint density at radius 3 is 1.50 bits per heavy atom. The number of carbonyl (C=O) groups is 1. The molecule has 0 aliphatic rings. The molecule has 3 nitrogen and oxygen atoms in total. The molecule has 1 aromatic heterocycles. The first-order valence-corrected chi connectivity index (χ1v) is 14.8. The number of benzene rings is 3. The maximum absolute atomic E-state index is 15.3. The van der Waals surface area contributed by atoms with Crippen molar-refractivity contribution in [2.75, 3.05) is 0 Å². The van der Waals surface area contributed by atoms with Crippen molar-refractivity contribution in [1.29, 1.82) is 0 Å². The lowest BCUT2D eigenvalue weighted by atomic mass is 9.96. The first-order valence-electron chi connectivity index (χ1n) is 12.0. The highest BCUT2D eigenvalue weighted by Gasteiger charge is 2.69. The Labute approximate surface area is 225 Å². The number of carbonyl (C=O) groups excluding carboxylic acids is 1. The van der Waals surface area contributed by atoms with Crippen LogP contribution in [0.2, 0.25) is 0 Å². The van der Waals surface area contributed by atoms with Gasteiger partial charge in [0.05, 0.1) is 5.60 Å². The van der Waals surface area contributed by atoms with Gasteiger partial charge in [0, 0.05) is 4.88 Å². The van der Waals surface area contributed by atoms with E-state index in [1.807, 2.05) is 0 Å². The standard InChI is InChI=1S/C30H28F3O3PS/c1-28(2,3)36-27(34)26(29(35,30(31,32)33)25-20-13-21-38-25)37(22-14-7-4-8-15-22,23-16-9-5-10-17-23)24-18-11-6-12-19-24/h4-21,26H,1-3H3. The summed E-state index contributed by atoms with van der Waals surface area (Å²) in [6.07, 6.45) is -5.32. The predicted octanol–water partition coefficient (Wildman–Crippen LogP) is 5.57. The zero-order valence-corrected chi connectivity index (χ0v) is 22.9. The van der Waals surface area contributed by atoms with Crippen molar-refractivity contribution in [1.82, 2.24) is 0 Å². The van der Waals surface area contributed by atoms with Crippen LogP contribution in [0, 0.1) is 0 Å². The fraction of sp³-hybridized carbons (Fsp3) is 0.233. The van der Waals surface area contributed by atoms with Crippen LogP contribution in [0.3, 0.4) is 0 Å². The van der Waals surface area contributed by atoms with Crippen LogP contribution < -0.4 is 21.0 Å². The normalized spacial score (nSPS) is 14.9. The molecule has 0 spiro atoms. The molecule has 3 aromatic carbocycles. The van der Waals surface area contributed by atoms with Crippen molar-refractivity contribution >= 4 is 40.5 Å². The van der Waals surface area contributed by atoms with E-state index in [1.165, 1.54) is 11.4 Å². The fourth-order valence-corrected chi connectivity index (χ4v) is 10.6. The first kappa shape index (κ1) is 28.0. The number of rotatable bonds is 7. The van der Waals surface area contributed by atoms with Crippen molar-refractivity contribution in [2.24, 2.45) is 0 Å². The summed E-state index contributed by atoms with van der Waals surface area (Å²) in [7, 11) is -3.67. The van der Waals surface area contributed by atoms with E-state index in [-0.39, 0.29) is 0 Å². The summed E-state index contributed by atoms with van der Waals surface area (Å²) in [6, 6.07) is 28.4. The second kappa shape index (κ2) is 10.6. The van der Waals surface area contributed by atoms with Crippen LogP contribution in [0.15, 0.2) is 109 Å². The minimum absolute atomic E-state index is 0.479. The molecule has 4 aromatic rings. The van der Waals surface area contributed by atoms with Gasteiger partial charge in [0.15, 0.2) is 5.66 Å². The number of hydrogen-bond donors (Lipinski definition) is 0. The van der Waals surface area contributed by atoms with E-state index < -0.39 is 41.1 Å². The molecule has 0 saturated heterocycles. The largest absolute Gasteiger partial charge is 0.836 e. The van der Waals surface area contributed by atoms with Crippen LogP contribution in [0.4, 0.5) is 13.2 Å². The summed E-state index contributed by atoms with van der Waals surface area (Å²) < 4.78 is 51.6. The van der Waals surface area contributed by atoms with E-state index >= 15 is 13.2 Å². The topological polar surface area (TPSA) is 49.4 Å². The zero-order chi connectivity index (χ0) is 27.6. The monoisotopic (exact) mass is 556 g/mol. The second-order valence-corrected chi connectivity index (χ2v) is 14.3. The molecule has 0 N–H and O–H groups in total. The van der Waals surface area contributed by atoms with Crippen molar-refractivity contribution in [2.45, 2.75) is 43.8 Å². The Kier molecular flexibility index (Phi) is 7.85. The molecule has 198 valence electrons. The van der Waals surface area contributed by atoms with E-state index in [1.54, 1.807) is 112 Å². The minimum Gasteiger partial charge on any atom is -0.836 e. The van der Waals surface area contributed by atoms with Crippen LogP contribution >= 0.6 is 18.6 Å². The Balaban J connectivity index is 2.24. The fourth-order valence-electron chi connectivity index (χ4n) is 4.76. The lowest BCUT2D eigenvalue weighted by molar-refractivity contribution is -0.547. The molecule has 0 saturated carbocycles. The second-order valence-electron chi connectivity index (χ2n) is 9.88. The summed E-state index contributed by atoms with van der Waals surface area (Å²) in [5.41, 5.74) is -7.07. The molecule has 0 amide bonds. The van der Waals surface area contributed by atoms with Crippen molar-refractivity contribution in [3.63, 3.8) is 0 Å². The Morgan fingerprint density at radius 1 is 0.763 bits per heavy atom. The van der Waals surface area contributed by atoms with Gasteiger partial charge in [-0.3, -0.25) is 0 Å². The quantitative estimate of drug-likeness (QED) is 0.221. The van der Waals surface area contributed by atoms with Gasteiger partial charge in [-0.25, -0.2) is 4.79 Å². The maximum Gasteiger partial charge on any atom is 0.388 e. The number of thiophene rings is 1. The van der Waals surface area contributed by atoms with Gasteiger partial charge >= 0.3 is 12.1 Å². The molecule has 2 unspecified atom stereocenters. The van der Waals surface area contributed by atoms with Crippen LogP contribution in [-0.2, 0) is 15.1 Å². The van der Waals surface area contributed by atoms with Crippen LogP contribution in [0.25, 0.3) is 0 Å². The summed E-state index contributed by atoms with van der Waals surface area (Å²) >= 11 is 0.700. The molecule has 38 heavy (non-hydrogen) atoms. The van der Waals surface area contributed by atoms with Gasteiger partial charge in [0.2, 0.25) is 0 Å². The van der Waals surface area contributed by atoms with Gasteiger partial charge in [-0.05, 0) is 68.6 Å². The number of alkyl halides is 3. The van der Waals surface area contributed by atoms with E-state index in [4.69, 9.17) is 4.74 Å². The molecular formula is C30H28F3O3PS. The smallest absolute Gasteiger partial charge is 0.388 e. The van der Waals surface area contributed by atoms with Crippen molar-refractivity contribution < 1.29 is 27.8 Å². The number of ether oxygens (including phenoxy) is 1. The van der Waals surface area contributed by atoms with E-state index in [9.17, 15) is 9.90 Å². The Bertz CT molecular complexity index is 1240. The number of esters is 1. The van der Waals surface area contributed by atoms with Crippen LogP contribution in [0.1, 0.15) is 25.6 Å². The third-order valence-corrected chi connectivity index (χ3v) is 11.9. The lowest BCUT2D eigenvalue weighted by Crippen LogP contribution is -2.67. The lowest BCUT2D eigenvalue weighted by Gasteiger charge is -2.49. The van der Waals surface area contributed by atoms with Crippen molar-refractivity contribution in [3.05, 3.63) is 113 Å². The molecule has 8 heteroatoms. The van der Waals surface area contributed by atoms with E-state index in [2.05, 4.69) is 0 Å². The average molecular weight is 557 g/mol.